The summed E-state index contributed by atoms with van der Waals surface area (Å²) in [4.78, 5) is 39.0. The number of hydrogen-bond acceptors (Lipinski definition) is 4. The van der Waals surface area contributed by atoms with Gasteiger partial charge in [0, 0.05) is 25.4 Å². The molecule has 2 heterocycles. The smallest absolute Gasteiger partial charge is 0.407 e. The van der Waals surface area contributed by atoms with Crippen LogP contribution >= 0.6 is 0 Å². The average molecular weight is 475 g/mol. The van der Waals surface area contributed by atoms with E-state index in [1.54, 1.807) is 4.90 Å². The van der Waals surface area contributed by atoms with Gasteiger partial charge in [-0.15, -0.1) is 0 Å². The summed E-state index contributed by atoms with van der Waals surface area (Å²) in [7, 11) is 0. The van der Waals surface area contributed by atoms with Crippen molar-refractivity contribution in [3.63, 3.8) is 0 Å². The minimum absolute atomic E-state index is 0.00261. The van der Waals surface area contributed by atoms with Gasteiger partial charge in [-0.2, -0.15) is 0 Å². The highest BCUT2D eigenvalue weighted by Crippen LogP contribution is 2.51. The van der Waals surface area contributed by atoms with Gasteiger partial charge in [0.25, 0.3) is 0 Å². The molecule has 2 saturated heterocycles. The molecule has 35 heavy (non-hydrogen) atoms. The van der Waals surface area contributed by atoms with Gasteiger partial charge in [0.15, 0.2) is 0 Å². The number of carboxylic acid groups (broad SMARTS) is 1. The Hall–Kier alpha value is -3.35. The normalized spacial score (nSPS) is 24.8. The molecule has 2 saturated carbocycles. The maximum atomic E-state index is 13.0. The van der Waals surface area contributed by atoms with Gasteiger partial charge in [0.05, 0.1) is 0 Å². The summed E-state index contributed by atoms with van der Waals surface area (Å²) in [6.07, 6.45) is 3.01. The summed E-state index contributed by atoms with van der Waals surface area (Å²) in [5.74, 6) is -0.271. The number of carbonyl (C=O) groups is 3. The number of rotatable bonds is 8. The van der Waals surface area contributed by atoms with Crippen molar-refractivity contribution in [2.24, 2.45) is 17.8 Å². The average Bonchev–Trinajstić information content (AvgIpc) is 3.39. The van der Waals surface area contributed by atoms with E-state index >= 15 is 0 Å². The van der Waals surface area contributed by atoms with Gasteiger partial charge >= 0.3 is 12.1 Å². The van der Waals surface area contributed by atoms with E-state index in [2.05, 4.69) is 29.6 Å². The Balaban J connectivity index is 1.05. The molecule has 3 aliphatic carbocycles. The predicted octanol–water partition coefficient (Wildman–Crippen LogP) is 4.02. The molecule has 1 unspecified atom stereocenters. The van der Waals surface area contributed by atoms with E-state index in [4.69, 9.17) is 4.74 Å². The fraction of sp³-hybridized carbons (Fsp3) is 0.464. The monoisotopic (exact) mass is 474 g/mol. The minimum Gasteiger partial charge on any atom is -0.479 e. The third-order valence-corrected chi connectivity index (χ3v) is 8.49. The van der Waals surface area contributed by atoms with Crippen molar-refractivity contribution in [3.8, 4) is 11.1 Å². The zero-order valence-electron chi connectivity index (χ0n) is 19.6. The maximum Gasteiger partial charge on any atom is 0.407 e. The van der Waals surface area contributed by atoms with Crippen LogP contribution in [0.2, 0.25) is 0 Å². The molecule has 4 fully saturated rings. The molecule has 2 aliphatic heterocycles. The molecule has 1 atom stereocenters. The van der Waals surface area contributed by atoms with Crippen molar-refractivity contribution in [2.45, 2.75) is 43.6 Å². The first kappa shape index (κ1) is 22.1. The zero-order valence-corrected chi connectivity index (χ0v) is 19.6. The lowest BCUT2D eigenvalue weighted by Gasteiger charge is -2.38. The van der Waals surface area contributed by atoms with Gasteiger partial charge in [-0.3, -0.25) is 4.79 Å². The topological polar surface area (TPSA) is 95.9 Å². The van der Waals surface area contributed by atoms with Crippen molar-refractivity contribution in [2.75, 3.05) is 19.7 Å². The SMILES string of the molecule is O=C(NCC(CC(=O)N1CC2CC1(C(=O)O)C2)C1CC1)OCC1c2ccccc2-c2ccccc21. The highest BCUT2D eigenvalue weighted by Gasteiger charge is 2.62. The van der Waals surface area contributed by atoms with Gasteiger partial charge in [-0.05, 0) is 65.7 Å². The number of amides is 2. The first-order valence-electron chi connectivity index (χ1n) is 12.6. The van der Waals surface area contributed by atoms with Gasteiger partial charge < -0.3 is 20.1 Å². The van der Waals surface area contributed by atoms with Crippen LogP contribution in [0.15, 0.2) is 48.5 Å². The Morgan fingerprint density at radius 1 is 1.03 bits per heavy atom. The van der Waals surface area contributed by atoms with Crippen molar-refractivity contribution in [1.29, 1.82) is 0 Å². The Kier molecular flexibility index (Phi) is 5.31. The maximum absolute atomic E-state index is 13.0. The van der Waals surface area contributed by atoms with Crippen molar-refractivity contribution < 1.29 is 24.2 Å². The molecule has 2 amide bonds. The van der Waals surface area contributed by atoms with Crippen LogP contribution < -0.4 is 5.32 Å². The molecule has 7 heteroatoms. The van der Waals surface area contributed by atoms with E-state index in [1.165, 1.54) is 22.3 Å². The molecular formula is C28H30N2O5. The molecule has 0 spiro atoms. The van der Waals surface area contributed by atoms with Crippen LogP contribution in [0.5, 0.6) is 0 Å². The number of ether oxygens (including phenoxy) is 1. The molecule has 7 nitrogen and oxygen atoms in total. The van der Waals surface area contributed by atoms with Crippen LogP contribution in [0.4, 0.5) is 4.79 Å². The molecule has 2 N–H and O–H groups in total. The number of aliphatic carboxylic acids is 1. The molecule has 5 aliphatic rings. The van der Waals surface area contributed by atoms with E-state index in [1.807, 2.05) is 24.3 Å². The number of hydrogen-bond donors (Lipinski definition) is 2. The Bertz CT molecular complexity index is 1140. The largest absolute Gasteiger partial charge is 0.479 e. The fourth-order valence-corrected chi connectivity index (χ4v) is 6.48. The summed E-state index contributed by atoms with van der Waals surface area (Å²) in [5, 5.41) is 12.5. The summed E-state index contributed by atoms with van der Waals surface area (Å²) >= 11 is 0. The molecule has 2 aromatic carbocycles. The standard InChI is InChI=1S/C28H30N2O5/c31-25(30-15-17-12-28(30,13-17)26(32)33)11-19(18-9-10-18)14-29-27(34)35-16-24-22-7-3-1-5-20(22)21-6-2-4-8-23(21)24/h1-8,17-19,24H,9-16H2,(H,29,34)(H,32,33). The van der Waals surface area contributed by atoms with Crippen LogP contribution in [-0.2, 0) is 14.3 Å². The number of alkyl carbamates (subject to hydrolysis) is 1. The third kappa shape index (κ3) is 3.77. The first-order chi connectivity index (χ1) is 17.0. The van der Waals surface area contributed by atoms with E-state index in [-0.39, 0.29) is 30.8 Å². The Labute approximate surface area is 204 Å². The number of carboxylic acids is 1. The number of carbonyl (C=O) groups excluding carboxylic acids is 2. The molecule has 2 bridgehead atoms. The number of benzene rings is 2. The van der Waals surface area contributed by atoms with Crippen LogP contribution in [0.25, 0.3) is 11.1 Å². The highest BCUT2D eigenvalue weighted by molar-refractivity contribution is 5.89. The number of fused-ring (bicyclic) bond motifs is 4. The van der Waals surface area contributed by atoms with E-state index in [0.717, 1.165) is 12.8 Å². The lowest BCUT2D eigenvalue weighted by atomic mass is 9.73. The van der Waals surface area contributed by atoms with Crippen LogP contribution in [0, 0.1) is 17.8 Å². The van der Waals surface area contributed by atoms with E-state index in [9.17, 15) is 19.5 Å². The van der Waals surface area contributed by atoms with Crippen LogP contribution in [0.1, 0.15) is 49.1 Å². The van der Waals surface area contributed by atoms with Crippen molar-refractivity contribution in [3.05, 3.63) is 59.7 Å². The molecule has 7 rings (SSSR count). The quantitative estimate of drug-likeness (QED) is 0.603. The second-order valence-corrected chi connectivity index (χ2v) is 10.6. The minimum atomic E-state index is -0.990. The van der Waals surface area contributed by atoms with Gasteiger partial charge in [0.1, 0.15) is 12.1 Å². The number of nitrogens with one attached hydrogen (secondary N) is 1. The summed E-state index contributed by atoms with van der Waals surface area (Å²) in [6.45, 7) is 1.16. The molecule has 0 radical (unpaired) electrons. The lowest BCUT2D eigenvalue weighted by Crippen LogP contribution is -2.55. The summed E-state index contributed by atoms with van der Waals surface area (Å²) < 4.78 is 5.64. The summed E-state index contributed by atoms with van der Waals surface area (Å²) in [6, 6.07) is 16.4. The molecular weight excluding hydrogens is 444 g/mol. The van der Waals surface area contributed by atoms with E-state index < -0.39 is 17.6 Å². The highest BCUT2D eigenvalue weighted by atomic mass is 16.5. The van der Waals surface area contributed by atoms with Crippen molar-refractivity contribution in [1.82, 2.24) is 10.2 Å². The van der Waals surface area contributed by atoms with Gasteiger partial charge in [-0.25, -0.2) is 9.59 Å². The second kappa shape index (κ2) is 8.40. The third-order valence-electron chi connectivity index (χ3n) is 8.49. The van der Waals surface area contributed by atoms with Gasteiger partial charge in [-0.1, -0.05) is 48.5 Å². The predicted molar refractivity (Wildman–Crippen MR) is 129 cm³/mol. The Morgan fingerprint density at radius 3 is 2.26 bits per heavy atom. The Morgan fingerprint density at radius 2 is 1.66 bits per heavy atom. The van der Waals surface area contributed by atoms with Crippen LogP contribution in [-0.4, -0.2) is 53.2 Å². The lowest BCUT2D eigenvalue weighted by molar-refractivity contribution is -0.158. The van der Waals surface area contributed by atoms with E-state index in [0.29, 0.717) is 37.8 Å². The molecule has 182 valence electrons. The zero-order chi connectivity index (χ0) is 24.2. The number of nitrogens with zero attached hydrogens (tertiary/aromatic N) is 1. The van der Waals surface area contributed by atoms with Crippen molar-refractivity contribution >= 4 is 18.0 Å². The first-order valence-corrected chi connectivity index (χ1v) is 12.6. The van der Waals surface area contributed by atoms with Crippen LogP contribution in [0.3, 0.4) is 0 Å². The van der Waals surface area contributed by atoms with Gasteiger partial charge in [0.2, 0.25) is 5.91 Å². The summed E-state index contributed by atoms with van der Waals surface area (Å²) in [5.41, 5.74) is 3.71. The molecule has 0 aromatic heterocycles. The fourth-order valence-electron chi connectivity index (χ4n) is 6.48. The second-order valence-electron chi connectivity index (χ2n) is 10.6. The molecule has 2 aromatic rings.